The van der Waals surface area contributed by atoms with Crippen molar-refractivity contribution < 1.29 is 18.7 Å². The molecule has 0 spiro atoms. The summed E-state index contributed by atoms with van der Waals surface area (Å²) >= 11 is 0. The van der Waals surface area contributed by atoms with Gasteiger partial charge in [0, 0.05) is 6.54 Å². The predicted molar refractivity (Wildman–Crippen MR) is 87.5 cm³/mol. The third-order valence-electron chi connectivity index (χ3n) is 4.07. The lowest BCUT2D eigenvalue weighted by Gasteiger charge is -2.33. The summed E-state index contributed by atoms with van der Waals surface area (Å²) in [5, 5.41) is 2.57. The zero-order chi connectivity index (χ0) is 17.7. The molecule has 0 saturated carbocycles. The molecule has 2 atom stereocenters. The van der Waals surface area contributed by atoms with Gasteiger partial charge in [-0.3, -0.25) is 9.59 Å². The van der Waals surface area contributed by atoms with Crippen molar-refractivity contribution in [2.75, 3.05) is 26.2 Å². The minimum Gasteiger partial charge on any atom is -0.370 e. The lowest BCUT2D eigenvalue weighted by atomic mass is 10.1. The van der Waals surface area contributed by atoms with Crippen molar-refractivity contribution in [1.82, 2.24) is 10.2 Å². The maximum absolute atomic E-state index is 13.3. The normalized spacial score (nSPS) is 19.2. The van der Waals surface area contributed by atoms with Crippen LogP contribution in [0.2, 0.25) is 0 Å². The quantitative estimate of drug-likeness (QED) is 0.833. The second kappa shape index (κ2) is 8.21. The predicted octanol–water partition coefficient (Wildman–Crippen LogP) is 0.825. The molecule has 3 N–H and O–H groups in total. The van der Waals surface area contributed by atoms with Gasteiger partial charge in [-0.15, -0.1) is 0 Å². The molecule has 0 aromatic heterocycles. The molecule has 0 radical (unpaired) electrons. The van der Waals surface area contributed by atoms with E-state index in [0.29, 0.717) is 25.3 Å². The number of ether oxygens (including phenoxy) is 1. The lowest BCUT2D eigenvalue weighted by molar-refractivity contribution is -0.139. The number of morpholine rings is 1. The Morgan fingerprint density at radius 3 is 2.88 bits per heavy atom. The second-order valence-corrected chi connectivity index (χ2v) is 6.24. The number of nitrogens with two attached hydrogens (primary N) is 1. The van der Waals surface area contributed by atoms with Crippen molar-refractivity contribution >= 4 is 11.8 Å². The van der Waals surface area contributed by atoms with Crippen LogP contribution in [0.15, 0.2) is 24.3 Å². The van der Waals surface area contributed by atoms with Crippen LogP contribution in [0.1, 0.15) is 25.5 Å². The molecule has 1 aliphatic rings. The Morgan fingerprint density at radius 1 is 1.46 bits per heavy atom. The van der Waals surface area contributed by atoms with Gasteiger partial charge in [-0.2, -0.15) is 0 Å². The molecule has 1 aliphatic heterocycles. The fourth-order valence-corrected chi connectivity index (χ4v) is 2.48. The summed E-state index contributed by atoms with van der Waals surface area (Å²) in [5.74, 6) is -0.882. The molecule has 6 nitrogen and oxygen atoms in total. The number of nitrogens with one attached hydrogen (secondary N) is 1. The first-order valence-electron chi connectivity index (χ1n) is 8.06. The van der Waals surface area contributed by atoms with Gasteiger partial charge in [0.25, 0.3) is 0 Å². The van der Waals surface area contributed by atoms with Crippen molar-refractivity contribution in [3.63, 3.8) is 0 Å². The van der Waals surface area contributed by atoms with E-state index in [9.17, 15) is 14.0 Å². The van der Waals surface area contributed by atoms with E-state index in [0.717, 1.165) is 0 Å². The largest absolute Gasteiger partial charge is 0.370 e. The third-order valence-corrected chi connectivity index (χ3v) is 4.07. The average molecular weight is 337 g/mol. The standard InChI is InChI=1S/C17H24FN3O3/c1-11(2)16(19)17(23)20-9-15(22)21-6-7-24-14(10-21)12-4-3-5-13(18)8-12/h3-5,8,11,14,16H,6-7,9-10,19H2,1-2H3,(H,20,23)/t14?,16-/m0/s1. The summed E-state index contributed by atoms with van der Waals surface area (Å²) in [6.07, 6.45) is -0.368. The maximum Gasteiger partial charge on any atom is 0.242 e. The van der Waals surface area contributed by atoms with Gasteiger partial charge >= 0.3 is 0 Å². The summed E-state index contributed by atoms with van der Waals surface area (Å²) < 4.78 is 19.0. The summed E-state index contributed by atoms with van der Waals surface area (Å²) in [6.45, 7) is 4.72. The van der Waals surface area contributed by atoms with Crippen LogP contribution in [0, 0.1) is 11.7 Å². The van der Waals surface area contributed by atoms with Crippen LogP contribution >= 0.6 is 0 Å². The van der Waals surface area contributed by atoms with Crippen LogP contribution in [0.5, 0.6) is 0 Å². The summed E-state index contributed by atoms with van der Waals surface area (Å²) in [5.41, 5.74) is 6.44. The Bertz CT molecular complexity index is 594. The van der Waals surface area contributed by atoms with Crippen LogP contribution in [0.4, 0.5) is 4.39 Å². The van der Waals surface area contributed by atoms with Gasteiger partial charge < -0.3 is 20.7 Å². The smallest absolute Gasteiger partial charge is 0.242 e. The first-order chi connectivity index (χ1) is 11.4. The Balaban J connectivity index is 1.90. The van der Waals surface area contributed by atoms with Crippen molar-refractivity contribution in [3.05, 3.63) is 35.6 Å². The van der Waals surface area contributed by atoms with E-state index in [1.807, 2.05) is 13.8 Å². The van der Waals surface area contributed by atoms with Gasteiger partial charge in [-0.1, -0.05) is 26.0 Å². The van der Waals surface area contributed by atoms with E-state index in [1.165, 1.54) is 12.1 Å². The molecule has 1 unspecified atom stereocenters. The number of hydrogen-bond donors (Lipinski definition) is 2. The second-order valence-electron chi connectivity index (χ2n) is 6.24. The summed E-state index contributed by atoms with van der Waals surface area (Å²) in [6, 6.07) is 5.51. The molecule has 1 fully saturated rings. The van der Waals surface area contributed by atoms with E-state index >= 15 is 0 Å². The number of hydrogen-bond acceptors (Lipinski definition) is 4. The fraction of sp³-hybridized carbons (Fsp3) is 0.529. The summed E-state index contributed by atoms with van der Waals surface area (Å²) in [7, 11) is 0. The monoisotopic (exact) mass is 337 g/mol. The zero-order valence-electron chi connectivity index (χ0n) is 14.0. The Morgan fingerprint density at radius 2 is 2.21 bits per heavy atom. The van der Waals surface area contributed by atoms with E-state index in [-0.39, 0.29) is 36.2 Å². The van der Waals surface area contributed by atoms with Gasteiger partial charge in [-0.25, -0.2) is 4.39 Å². The molecular formula is C17H24FN3O3. The SMILES string of the molecule is CC(C)[C@H](N)C(=O)NCC(=O)N1CCOC(c2cccc(F)c2)C1. The van der Waals surface area contributed by atoms with Crippen molar-refractivity contribution in [1.29, 1.82) is 0 Å². The number of halogens is 1. The first kappa shape index (κ1) is 18.4. The number of benzene rings is 1. The number of rotatable bonds is 5. The van der Waals surface area contributed by atoms with Gasteiger partial charge in [0.05, 0.1) is 25.7 Å². The van der Waals surface area contributed by atoms with Crippen molar-refractivity contribution in [2.45, 2.75) is 26.0 Å². The first-order valence-corrected chi connectivity index (χ1v) is 8.06. The Kier molecular flexibility index (Phi) is 6.28. The van der Waals surface area contributed by atoms with E-state index in [1.54, 1.807) is 17.0 Å². The number of nitrogens with zero attached hydrogens (tertiary/aromatic N) is 1. The van der Waals surface area contributed by atoms with Crippen molar-refractivity contribution in [3.8, 4) is 0 Å². The molecule has 0 bridgehead atoms. The molecule has 132 valence electrons. The molecule has 2 rings (SSSR count). The minimum absolute atomic E-state index is 0.000784. The Labute approximate surface area is 141 Å². The third kappa shape index (κ3) is 4.75. The van der Waals surface area contributed by atoms with Crippen LogP contribution in [-0.4, -0.2) is 49.0 Å². The summed E-state index contributed by atoms with van der Waals surface area (Å²) in [4.78, 5) is 25.7. The van der Waals surface area contributed by atoms with Crippen LogP contribution < -0.4 is 11.1 Å². The average Bonchev–Trinajstić information content (AvgIpc) is 2.58. The molecule has 1 aromatic carbocycles. The molecule has 1 heterocycles. The lowest BCUT2D eigenvalue weighted by Crippen LogP contribution is -2.50. The maximum atomic E-state index is 13.3. The molecule has 2 amide bonds. The van der Waals surface area contributed by atoms with Crippen LogP contribution in [0.25, 0.3) is 0 Å². The van der Waals surface area contributed by atoms with Gasteiger partial charge in [0.2, 0.25) is 11.8 Å². The molecule has 1 saturated heterocycles. The molecule has 1 aromatic rings. The number of carbonyl (C=O) groups excluding carboxylic acids is 2. The van der Waals surface area contributed by atoms with Gasteiger partial charge in [-0.05, 0) is 23.6 Å². The molecule has 7 heteroatoms. The highest BCUT2D eigenvalue weighted by Gasteiger charge is 2.26. The highest BCUT2D eigenvalue weighted by molar-refractivity contribution is 5.87. The molecule has 0 aliphatic carbocycles. The number of carbonyl (C=O) groups is 2. The highest BCUT2D eigenvalue weighted by atomic mass is 19.1. The topological polar surface area (TPSA) is 84.7 Å². The van der Waals surface area contributed by atoms with Crippen LogP contribution in [0.3, 0.4) is 0 Å². The van der Waals surface area contributed by atoms with E-state index in [4.69, 9.17) is 10.5 Å². The molecular weight excluding hydrogens is 313 g/mol. The fourth-order valence-electron chi connectivity index (χ4n) is 2.48. The van der Waals surface area contributed by atoms with Crippen molar-refractivity contribution in [2.24, 2.45) is 11.7 Å². The van der Waals surface area contributed by atoms with E-state index in [2.05, 4.69) is 5.32 Å². The van der Waals surface area contributed by atoms with Gasteiger partial charge in [0.1, 0.15) is 11.9 Å². The van der Waals surface area contributed by atoms with E-state index < -0.39 is 6.04 Å². The van der Waals surface area contributed by atoms with Gasteiger partial charge in [0.15, 0.2) is 0 Å². The van der Waals surface area contributed by atoms with Crippen LogP contribution in [-0.2, 0) is 14.3 Å². The number of amides is 2. The Hall–Kier alpha value is -1.99. The molecule has 24 heavy (non-hydrogen) atoms. The zero-order valence-corrected chi connectivity index (χ0v) is 14.0. The highest BCUT2D eigenvalue weighted by Crippen LogP contribution is 2.22. The minimum atomic E-state index is -0.637.